The van der Waals surface area contributed by atoms with Crippen LogP contribution in [0.25, 0.3) is 0 Å². The van der Waals surface area contributed by atoms with Gasteiger partial charge in [0.15, 0.2) is 0 Å². The largest absolute Gasteiger partial charge is 0.485 e. The summed E-state index contributed by atoms with van der Waals surface area (Å²) in [7, 11) is 0. The number of halogens is 1. The Labute approximate surface area is 188 Å². The molecule has 0 aromatic heterocycles. The molecule has 1 N–H and O–H groups in total. The Morgan fingerprint density at radius 2 is 1.81 bits per heavy atom. The number of carbonyl (C=O) groups is 2. The van der Waals surface area contributed by atoms with Crippen molar-refractivity contribution in [3.05, 3.63) is 59.1 Å². The number of fused-ring (bicyclic) bond motifs is 1. The molecular formula is C24H28ClN3O3. The first-order valence-corrected chi connectivity index (χ1v) is 11.1. The van der Waals surface area contributed by atoms with Crippen LogP contribution in [0, 0.1) is 0 Å². The summed E-state index contributed by atoms with van der Waals surface area (Å²) in [5.74, 6) is 0.659. The SMILES string of the molecule is CC(=O)NCC(=O)N1CCC2(CC1)CCN(Cc1cccc(Cl)c1)c1ccccc1O2. The highest BCUT2D eigenvalue weighted by Crippen LogP contribution is 2.41. The first-order chi connectivity index (χ1) is 14.9. The second-order valence-corrected chi connectivity index (χ2v) is 8.78. The number of likely N-dealkylation sites (tertiary alicyclic amines) is 1. The number of para-hydroxylation sites is 2. The van der Waals surface area contributed by atoms with Gasteiger partial charge in [-0.2, -0.15) is 0 Å². The molecule has 31 heavy (non-hydrogen) atoms. The highest BCUT2D eigenvalue weighted by atomic mass is 35.5. The molecule has 0 bridgehead atoms. The number of anilines is 1. The molecule has 1 fully saturated rings. The predicted molar refractivity (Wildman–Crippen MR) is 121 cm³/mol. The smallest absolute Gasteiger partial charge is 0.241 e. The Morgan fingerprint density at radius 3 is 2.55 bits per heavy atom. The Bertz CT molecular complexity index is 957. The van der Waals surface area contributed by atoms with Gasteiger partial charge in [0.05, 0.1) is 12.2 Å². The van der Waals surface area contributed by atoms with Crippen LogP contribution < -0.4 is 15.0 Å². The van der Waals surface area contributed by atoms with Gasteiger partial charge in [-0.1, -0.05) is 35.9 Å². The third-order valence-corrected chi connectivity index (χ3v) is 6.38. The molecule has 2 aliphatic rings. The molecule has 6 nitrogen and oxygen atoms in total. The first-order valence-electron chi connectivity index (χ1n) is 10.7. The molecule has 1 spiro atoms. The molecule has 4 rings (SSSR count). The number of hydrogen-bond donors (Lipinski definition) is 1. The van der Waals surface area contributed by atoms with Crippen LogP contribution in [-0.4, -0.2) is 48.5 Å². The van der Waals surface area contributed by atoms with Crippen molar-refractivity contribution in [3.8, 4) is 5.75 Å². The van der Waals surface area contributed by atoms with Crippen molar-refractivity contribution in [3.63, 3.8) is 0 Å². The average molecular weight is 442 g/mol. The minimum absolute atomic E-state index is 0.0401. The quantitative estimate of drug-likeness (QED) is 0.787. The minimum atomic E-state index is -0.288. The van der Waals surface area contributed by atoms with Crippen molar-refractivity contribution in [2.75, 3.05) is 31.1 Å². The van der Waals surface area contributed by atoms with E-state index in [-0.39, 0.29) is 24.0 Å². The molecule has 0 atom stereocenters. The van der Waals surface area contributed by atoms with Gasteiger partial charge in [0.1, 0.15) is 11.4 Å². The Hall–Kier alpha value is -2.73. The minimum Gasteiger partial charge on any atom is -0.485 e. The van der Waals surface area contributed by atoms with Gasteiger partial charge in [0.25, 0.3) is 0 Å². The lowest BCUT2D eigenvalue weighted by Crippen LogP contribution is -2.52. The molecule has 0 saturated carbocycles. The van der Waals surface area contributed by atoms with E-state index < -0.39 is 0 Å². The van der Waals surface area contributed by atoms with Crippen LogP contribution >= 0.6 is 11.6 Å². The van der Waals surface area contributed by atoms with E-state index in [0.29, 0.717) is 13.1 Å². The molecule has 2 heterocycles. The summed E-state index contributed by atoms with van der Waals surface area (Å²) in [6.45, 7) is 4.37. The summed E-state index contributed by atoms with van der Waals surface area (Å²) in [6.07, 6.45) is 2.44. The topological polar surface area (TPSA) is 61.9 Å². The molecule has 164 valence electrons. The van der Waals surface area contributed by atoms with E-state index in [2.05, 4.69) is 22.3 Å². The van der Waals surface area contributed by atoms with Crippen molar-refractivity contribution in [2.45, 2.75) is 38.3 Å². The number of hydrogen-bond acceptors (Lipinski definition) is 4. The normalized spacial score (nSPS) is 17.5. The van der Waals surface area contributed by atoms with Gasteiger partial charge in [0, 0.05) is 57.4 Å². The van der Waals surface area contributed by atoms with E-state index in [9.17, 15) is 9.59 Å². The van der Waals surface area contributed by atoms with E-state index >= 15 is 0 Å². The summed E-state index contributed by atoms with van der Waals surface area (Å²) in [4.78, 5) is 27.6. The molecule has 2 aromatic rings. The van der Waals surface area contributed by atoms with Gasteiger partial charge in [-0.05, 0) is 29.8 Å². The van der Waals surface area contributed by atoms with E-state index in [1.54, 1.807) is 0 Å². The number of amides is 2. The second kappa shape index (κ2) is 9.18. The van der Waals surface area contributed by atoms with Crippen molar-refractivity contribution in [2.24, 2.45) is 0 Å². The van der Waals surface area contributed by atoms with Crippen LogP contribution in [0.15, 0.2) is 48.5 Å². The fourth-order valence-corrected chi connectivity index (χ4v) is 4.61. The number of nitrogens with zero attached hydrogens (tertiary/aromatic N) is 2. The van der Waals surface area contributed by atoms with E-state index in [1.165, 1.54) is 6.92 Å². The van der Waals surface area contributed by atoms with Gasteiger partial charge in [0.2, 0.25) is 11.8 Å². The Balaban J connectivity index is 1.47. The van der Waals surface area contributed by atoms with Crippen LogP contribution in [0.3, 0.4) is 0 Å². The van der Waals surface area contributed by atoms with Crippen molar-refractivity contribution in [1.29, 1.82) is 0 Å². The monoisotopic (exact) mass is 441 g/mol. The zero-order valence-electron chi connectivity index (χ0n) is 17.8. The fourth-order valence-electron chi connectivity index (χ4n) is 4.40. The van der Waals surface area contributed by atoms with Gasteiger partial charge < -0.3 is 19.9 Å². The molecule has 7 heteroatoms. The summed E-state index contributed by atoms with van der Waals surface area (Å²) in [5, 5.41) is 3.33. The summed E-state index contributed by atoms with van der Waals surface area (Å²) in [5.41, 5.74) is 1.96. The Morgan fingerprint density at radius 1 is 1.06 bits per heavy atom. The van der Waals surface area contributed by atoms with Crippen molar-refractivity contribution >= 4 is 29.1 Å². The zero-order chi connectivity index (χ0) is 21.8. The van der Waals surface area contributed by atoms with Gasteiger partial charge in [-0.3, -0.25) is 9.59 Å². The lowest BCUT2D eigenvalue weighted by Gasteiger charge is -2.41. The predicted octanol–water partition coefficient (Wildman–Crippen LogP) is 3.63. The number of ether oxygens (including phenoxy) is 1. The fraction of sp³-hybridized carbons (Fsp3) is 0.417. The number of benzene rings is 2. The number of carbonyl (C=O) groups excluding carboxylic acids is 2. The van der Waals surface area contributed by atoms with Crippen LogP contribution in [0.1, 0.15) is 31.7 Å². The van der Waals surface area contributed by atoms with Crippen molar-refractivity contribution in [1.82, 2.24) is 10.2 Å². The molecule has 2 aliphatic heterocycles. The van der Waals surface area contributed by atoms with Crippen molar-refractivity contribution < 1.29 is 14.3 Å². The zero-order valence-corrected chi connectivity index (χ0v) is 18.5. The number of nitrogens with one attached hydrogen (secondary N) is 1. The molecule has 0 radical (unpaired) electrons. The molecule has 0 aliphatic carbocycles. The summed E-state index contributed by atoms with van der Waals surface area (Å²) < 4.78 is 6.63. The molecule has 2 aromatic carbocycles. The second-order valence-electron chi connectivity index (χ2n) is 8.34. The lowest BCUT2D eigenvalue weighted by atomic mass is 9.87. The van der Waals surface area contributed by atoms with E-state index in [1.807, 2.05) is 41.3 Å². The Kier molecular flexibility index (Phi) is 6.37. The maximum atomic E-state index is 12.4. The van der Waals surface area contributed by atoms with E-state index in [4.69, 9.17) is 16.3 Å². The van der Waals surface area contributed by atoms with Crippen LogP contribution in [0.4, 0.5) is 5.69 Å². The van der Waals surface area contributed by atoms with Crippen LogP contribution in [0.5, 0.6) is 5.75 Å². The van der Waals surface area contributed by atoms with Crippen LogP contribution in [-0.2, 0) is 16.1 Å². The van der Waals surface area contributed by atoms with Crippen LogP contribution in [0.2, 0.25) is 5.02 Å². The molecular weight excluding hydrogens is 414 g/mol. The molecule has 2 amide bonds. The average Bonchev–Trinajstić information content (AvgIpc) is 2.90. The lowest BCUT2D eigenvalue weighted by molar-refractivity contribution is -0.135. The maximum absolute atomic E-state index is 12.4. The van der Waals surface area contributed by atoms with Gasteiger partial charge in [-0.25, -0.2) is 0 Å². The number of piperidine rings is 1. The molecule has 0 unspecified atom stereocenters. The summed E-state index contributed by atoms with van der Waals surface area (Å²) >= 11 is 6.19. The van der Waals surface area contributed by atoms with Gasteiger partial charge >= 0.3 is 0 Å². The maximum Gasteiger partial charge on any atom is 0.241 e. The molecule has 1 saturated heterocycles. The highest BCUT2D eigenvalue weighted by Gasteiger charge is 2.40. The third kappa shape index (κ3) is 5.13. The van der Waals surface area contributed by atoms with E-state index in [0.717, 1.165) is 54.4 Å². The summed E-state index contributed by atoms with van der Waals surface area (Å²) in [6, 6.07) is 16.1. The van der Waals surface area contributed by atoms with Gasteiger partial charge in [-0.15, -0.1) is 0 Å². The third-order valence-electron chi connectivity index (χ3n) is 6.15. The number of rotatable bonds is 4. The highest BCUT2D eigenvalue weighted by molar-refractivity contribution is 6.30. The first kappa shape index (κ1) is 21.5. The standard InChI is InChI=1S/C24H28ClN3O3/c1-18(29)26-16-23(30)27-12-9-24(10-13-27)11-14-28(17-19-5-4-6-20(25)15-19)21-7-2-3-8-22(21)31-24/h2-8,15H,9-14,16-17H2,1H3,(H,26,29).